The van der Waals surface area contributed by atoms with E-state index in [-0.39, 0.29) is 10.8 Å². The van der Waals surface area contributed by atoms with Gasteiger partial charge in [-0.15, -0.1) is 0 Å². The summed E-state index contributed by atoms with van der Waals surface area (Å²) in [7, 11) is 0. The van der Waals surface area contributed by atoms with E-state index in [0.717, 1.165) is 71.7 Å². The SMILES string of the molecule is CC1(C)c2ccccc2-c2ccc(-c3nc(-c4ccc5c(c4)oc4cc6c(cc45)C4(c5ccccc5-c5ccccc54)c4ccccc4-6)nc(-c4ccccn4)n3)cc21.CC1(C)c2ccccc2-c2ccc(-c3nc(-c4ccccc4)nc(-c4ccc5c(c4)oc4cc6c(cc45)C(c4ccccc4)(c4ccccc4)c4ccccc4-6)n3)cc21. The molecule has 5 aliphatic carbocycles. The van der Waals surface area contributed by atoms with Gasteiger partial charge >= 0.3 is 0 Å². The van der Waals surface area contributed by atoms with Gasteiger partial charge in [-0.25, -0.2) is 29.9 Å². The Hall–Kier alpha value is -14.9. The van der Waals surface area contributed by atoms with E-state index in [9.17, 15) is 0 Å². The van der Waals surface area contributed by atoms with E-state index in [1.165, 1.54) is 122 Å². The van der Waals surface area contributed by atoms with E-state index >= 15 is 0 Å². The molecule has 554 valence electrons. The second-order valence-corrected chi connectivity index (χ2v) is 32.9. The maximum Gasteiger partial charge on any atom is 0.182 e. The molecule has 25 rings (SSSR count). The van der Waals surface area contributed by atoms with Gasteiger partial charge in [-0.05, 0) is 195 Å². The van der Waals surface area contributed by atoms with Gasteiger partial charge in [0.25, 0.3) is 0 Å². The van der Waals surface area contributed by atoms with Gasteiger partial charge in [0, 0.05) is 66.4 Å². The van der Waals surface area contributed by atoms with Crippen molar-refractivity contribution in [1.82, 2.24) is 34.9 Å². The molecule has 0 fully saturated rings. The Balaban J connectivity index is 0.000000135. The molecule has 5 aliphatic rings. The smallest absolute Gasteiger partial charge is 0.182 e. The topological polar surface area (TPSA) is 117 Å². The van der Waals surface area contributed by atoms with Crippen molar-refractivity contribution in [2.45, 2.75) is 49.4 Å². The molecule has 0 aliphatic heterocycles. The molecule has 9 heteroatoms. The Kier molecular flexibility index (Phi) is 14.5. The summed E-state index contributed by atoms with van der Waals surface area (Å²) in [5, 5.41) is 4.27. The molecule has 0 bridgehead atoms. The van der Waals surface area contributed by atoms with E-state index in [1.807, 2.05) is 36.4 Å². The highest BCUT2D eigenvalue weighted by atomic mass is 16.3. The Bertz CT molecular complexity index is 7190. The molecule has 5 heterocycles. The van der Waals surface area contributed by atoms with E-state index in [1.54, 1.807) is 6.20 Å². The van der Waals surface area contributed by atoms with Crippen molar-refractivity contribution >= 4 is 43.9 Å². The van der Waals surface area contributed by atoms with Crippen LogP contribution in [0.1, 0.15) is 94.5 Å². The first-order chi connectivity index (χ1) is 58.0. The van der Waals surface area contributed by atoms with Crippen LogP contribution in [0.4, 0.5) is 0 Å². The molecule has 15 aromatic carbocycles. The minimum absolute atomic E-state index is 0.142. The standard InChI is InChI=1S/C55H37N3O.C54H34N4O/c1-54(2)45-24-14-12-22-39(45)41-28-26-35(30-47(41)54)52-56-51(34-16-6-3-7-17-34)57-53(58-52)36-27-29-42-44-32-48-43(33-50(44)59-49(42)31-36)40-23-13-15-25-46(40)55(48,37-18-8-4-9-19-37)38-20-10-5-11-21-38;1-53(2)41-17-7-3-13-33(41)37-24-22-31(27-45(37)53)50-56-51(58-52(57-50)47-21-11-12-26-55-47)32-23-25-38-40-29-46-39(30-49(40)59-48(38)28-32)36-16-6-10-20-44(36)54(46)42-18-8-4-14-34(42)35-15-5-9-19-43(35)54/h3-33H,1-2H3;3-30H,1-2H3. The van der Waals surface area contributed by atoms with Gasteiger partial charge in [-0.1, -0.05) is 307 Å². The van der Waals surface area contributed by atoms with Crippen LogP contribution in [0.15, 0.2) is 367 Å². The number of benzene rings is 15. The van der Waals surface area contributed by atoms with Crippen LogP contribution in [0, 0.1) is 0 Å². The number of fused-ring (bicyclic) bond motifs is 25. The van der Waals surface area contributed by atoms with E-state index in [0.29, 0.717) is 40.6 Å². The lowest BCUT2D eigenvalue weighted by Crippen LogP contribution is -2.28. The molecular weight excluding hydrogens is 1440 g/mol. The molecule has 118 heavy (non-hydrogen) atoms. The zero-order valence-corrected chi connectivity index (χ0v) is 65.0. The number of aromatic nitrogens is 7. The molecule has 0 unspecified atom stereocenters. The fraction of sp³-hybridized carbons (Fsp3) is 0.0734. The third-order valence-corrected chi connectivity index (χ3v) is 26.0. The minimum atomic E-state index is -0.489. The number of hydrogen-bond donors (Lipinski definition) is 0. The molecule has 1 spiro atoms. The summed E-state index contributed by atoms with van der Waals surface area (Å²) in [5.41, 5.74) is 35.4. The maximum absolute atomic E-state index is 6.80. The average molecular weight is 1510 g/mol. The maximum atomic E-state index is 6.80. The fourth-order valence-electron chi connectivity index (χ4n) is 20.6. The van der Waals surface area contributed by atoms with Crippen LogP contribution in [0.3, 0.4) is 0 Å². The molecule has 0 amide bonds. The van der Waals surface area contributed by atoms with Crippen LogP contribution in [0.25, 0.3) is 168 Å². The fourth-order valence-corrected chi connectivity index (χ4v) is 20.6. The lowest BCUT2D eigenvalue weighted by Gasteiger charge is -2.33. The number of rotatable bonds is 8. The lowest BCUT2D eigenvalue weighted by atomic mass is 9.67. The van der Waals surface area contributed by atoms with Crippen LogP contribution in [-0.4, -0.2) is 34.9 Å². The van der Waals surface area contributed by atoms with Gasteiger partial charge in [-0.2, -0.15) is 0 Å². The monoisotopic (exact) mass is 1510 g/mol. The zero-order chi connectivity index (χ0) is 78.3. The summed E-state index contributed by atoms with van der Waals surface area (Å²) in [6, 6.07) is 126. The van der Waals surface area contributed by atoms with E-state index in [2.05, 4.69) is 348 Å². The second-order valence-electron chi connectivity index (χ2n) is 32.9. The van der Waals surface area contributed by atoms with Crippen LogP contribution < -0.4 is 0 Å². The first-order valence-corrected chi connectivity index (χ1v) is 40.5. The summed E-state index contributed by atoms with van der Waals surface area (Å²) in [6.45, 7) is 9.19. The van der Waals surface area contributed by atoms with E-state index in [4.69, 9.17) is 38.7 Å². The number of hydrogen-bond acceptors (Lipinski definition) is 9. The van der Waals surface area contributed by atoms with Gasteiger partial charge < -0.3 is 8.83 Å². The van der Waals surface area contributed by atoms with Crippen LogP contribution >= 0.6 is 0 Å². The van der Waals surface area contributed by atoms with Crippen molar-refractivity contribution in [2.75, 3.05) is 0 Å². The predicted molar refractivity (Wildman–Crippen MR) is 473 cm³/mol. The summed E-state index contributed by atoms with van der Waals surface area (Å²) in [5.74, 6) is 3.56. The highest BCUT2D eigenvalue weighted by molar-refractivity contribution is 6.11. The first-order valence-electron chi connectivity index (χ1n) is 40.5. The van der Waals surface area contributed by atoms with Gasteiger partial charge in [-0.3, -0.25) is 4.98 Å². The summed E-state index contributed by atoms with van der Waals surface area (Å²) >= 11 is 0. The molecule has 0 N–H and O–H groups in total. The second kappa shape index (κ2) is 25.3. The van der Waals surface area contributed by atoms with Gasteiger partial charge in [0.15, 0.2) is 34.9 Å². The Morgan fingerprint density at radius 3 is 0.941 bits per heavy atom. The molecule has 9 nitrogen and oxygen atoms in total. The Morgan fingerprint density at radius 1 is 0.203 bits per heavy atom. The quantitative estimate of drug-likeness (QED) is 0.147. The minimum Gasteiger partial charge on any atom is -0.456 e. The summed E-state index contributed by atoms with van der Waals surface area (Å²) in [4.78, 5) is 35.2. The summed E-state index contributed by atoms with van der Waals surface area (Å²) in [6.07, 6.45) is 1.77. The zero-order valence-electron chi connectivity index (χ0n) is 65.0. The molecule has 0 radical (unpaired) electrons. The lowest BCUT2D eigenvalue weighted by molar-refractivity contribution is 0.660. The van der Waals surface area contributed by atoms with Gasteiger partial charge in [0.05, 0.1) is 10.8 Å². The first kappa shape index (κ1) is 67.6. The van der Waals surface area contributed by atoms with Crippen molar-refractivity contribution in [3.63, 3.8) is 0 Å². The van der Waals surface area contributed by atoms with Crippen molar-refractivity contribution in [3.05, 3.63) is 425 Å². The average Bonchev–Trinajstić information content (AvgIpc) is 1.51. The van der Waals surface area contributed by atoms with Crippen LogP contribution in [-0.2, 0) is 21.7 Å². The van der Waals surface area contributed by atoms with Gasteiger partial charge in [0.1, 0.15) is 28.0 Å². The number of furan rings is 2. The molecule has 5 aromatic heterocycles. The van der Waals surface area contributed by atoms with E-state index < -0.39 is 10.8 Å². The van der Waals surface area contributed by atoms with Crippen molar-refractivity contribution in [3.8, 4) is 124 Å². The van der Waals surface area contributed by atoms with Crippen molar-refractivity contribution in [2.24, 2.45) is 0 Å². The van der Waals surface area contributed by atoms with Crippen LogP contribution in [0.2, 0.25) is 0 Å². The normalized spacial score (nSPS) is 14.4. The largest absolute Gasteiger partial charge is 0.456 e. The molecule has 0 saturated carbocycles. The van der Waals surface area contributed by atoms with Gasteiger partial charge in [0.2, 0.25) is 0 Å². The highest BCUT2D eigenvalue weighted by Crippen LogP contribution is 2.64. The Morgan fingerprint density at radius 2 is 0.517 bits per heavy atom. The number of nitrogens with zero attached hydrogens (tertiary/aromatic N) is 7. The molecule has 20 aromatic rings. The van der Waals surface area contributed by atoms with Crippen LogP contribution in [0.5, 0.6) is 0 Å². The molecule has 0 saturated heterocycles. The Labute approximate surface area is 681 Å². The van der Waals surface area contributed by atoms with Crippen molar-refractivity contribution in [1.29, 1.82) is 0 Å². The number of pyridine rings is 1. The van der Waals surface area contributed by atoms with Crippen molar-refractivity contribution < 1.29 is 8.83 Å². The predicted octanol–water partition coefficient (Wildman–Crippen LogP) is 26.3. The third kappa shape index (κ3) is 9.70. The highest BCUT2D eigenvalue weighted by Gasteiger charge is 2.52. The molecule has 0 atom stereocenters. The summed E-state index contributed by atoms with van der Waals surface area (Å²) < 4.78 is 13.6. The third-order valence-electron chi connectivity index (χ3n) is 26.0. The molecular formula is C109H71N7O2.